The molecule has 5 rings (SSSR count). The molecule has 0 bridgehead atoms. The number of hydrogen-bond donors (Lipinski definition) is 0. The first-order valence-electron chi connectivity index (χ1n) is 10.1. The van der Waals surface area contributed by atoms with Crippen LogP contribution in [0.1, 0.15) is 56.4 Å². The Morgan fingerprint density at radius 1 is 1.00 bits per heavy atom. The summed E-state index contributed by atoms with van der Waals surface area (Å²) in [6.45, 7) is 2.36. The Morgan fingerprint density at radius 3 is 2.31 bits per heavy atom. The maximum atomic E-state index is 12.8. The van der Waals surface area contributed by atoms with Gasteiger partial charge in [-0.2, -0.15) is 0 Å². The number of ether oxygens (including phenoxy) is 1. The minimum absolute atomic E-state index is 0.00863. The first kappa shape index (κ1) is 16.3. The summed E-state index contributed by atoms with van der Waals surface area (Å²) >= 11 is 0. The fourth-order valence-electron chi connectivity index (χ4n) is 5.88. The molecule has 0 atom stereocenters. The zero-order chi connectivity index (χ0) is 17.8. The number of piperidine rings is 1. The molecule has 1 amide bonds. The van der Waals surface area contributed by atoms with Gasteiger partial charge in [-0.25, -0.2) is 0 Å². The van der Waals surface area contributed by atoms with Crippen LogP contribution in [0, 0.1) is 16.7 Å². The molecular weight excluding hydrogens is 326 g/mol. The molecule has 2 saturated heterocycles. The number of carbonyl (C=O) groups is 2. The minimum atomic E-state index is -0.0891. The van der Waals surface area contributed by atoms with Gasteiger partial charge in [-0.1, -0.05) is 30.3 Å². The number of esters is 1. The van der Waals surface area contributed by atoms with Crippen LogP contribution in [0.15, 0.2) is 30.3 Å². The van der Waals surface area contributed by atoms with Crippen molar-refractivity contribution in [2.24, 2.45) is 16.7 Å². The highest BCUT2D eigenvalue weighted by molar-refractivity contribution is 5.81. The van der Waals surface area contributed by atoms with Crippen LogP contribution in [0.4, 0.5) is 0 Å². The molecule has 138 valence electrons. The van der Waals surface area contributed by atoms with Crippen LogP contribution in [-0.2, 0) is 14.3 Å². The van der Waals surface area contributed by atoms with E-state index >= 15 is 0 Å². The zero-order valence-corrected chi connectivity index (χ0v) is 15.3. The van der Waals surface area contributed by atoms with Gasteiger partial charge in [0.1, 0.15) is 0 Å². The van der Waals surface area contributed by atoms with E-state index in [-0.39, 0.29) is 17.3 Å². The Balaban J connectivity index is 1.12. The van der Waals surface area contributed by atoms with Crippen molar-refractivity contribution in [3.63, 3.8) is 0 Å². The van der Waals surface area contributed by atoms with Crippen LogP contribution in [-0.4, -0.2) is 36.5 Å². The maximum absolute atomic E-state index is 12.8. The van der Waals surface area contributed by atoms with E-state index in [1.165, 1.54) is 18.4 Å². The number of carbonyl (C=O) groups excluding carboxylic acids is 2. The SMILES string of the molecule is O=C1CC2(CO1)CC(C(=O)N1CCC3(CC1)CC(c1ccccc1)C3)C2. The third-order valence-corrected chi connectivity index (χ3v) is 7.53. The summed E-state index contributed by atoms with van der Waals surface area (Å²) < 4.78 is 5.12. The summed E-state index contributed by atoms with van der Waals surface area (Å²) in [5.74, 6) is 1.07. The molecule has 2 aliphatic heterocycles. The average Bonchev–Trinajstić information content (AvgIpc) is 3.01. The van der Waals surface area contributed by atoms with Crippen LogP contribution >= 0.6 is 0 Å². The lowest BCUT2D eigenvalue weighted by atomic mass is 9.56. The van der Waals surface area contributed by atoms with Gasteiger partial charge in [-0.05, 0) is 55.4 Å². The van der Waals surface area contributed by atoms with Crippen LogP contribution in [0.5, 0.6) is 0 Å². The van der Waals surface area contributed by atoms with Gasteiger partial charge in [0.05, 0.1) is 13.0 Å². The lowest BCUT2D eigenvalue weighted by molar-refractivity contribution is -0.147. The molecule has 0 radical (unpaired) electrons. The highest BCUT2D eigenvalue weighted by Gasteiger charge is 2.54. The third kappa shape index (κ3) is 2.65. The van der Waals surface area contributed by atoms with Gasteiger partial charge in [0.2, 0.25) is 5.91 Å². The smallest absolute Gasteiger partial charge is 0.306 e. The van der Waals surface area contributed by atoms with Gasteiger partial charge in [0, 0.05) is 24.4 Å². The number of benzene rings is 1. The number of rotatable bonds is 2. The first-order chi connectivity index (χ1) is 12.6. The molecule has 1 aromatic rings. The van der Waals surface area contributed by atoms with Crippen molar-refractivity contribution in [2.75, 3.05) is 19.7 Å². The summed E-state index contributed by atoms with van der Waals surface area (Å²) in [7, 11) is 0. The predicted molar refractivity (Wildman–Crippen MR) is 97.4 cm³/mol. The molecule has 1 aromatic carbocycles. The van der Waals surface area contributed by atoms with Crippen LogP contribution in [0.3, 0.4) is 0 Å². The molecule has 26 heavy (non-hydrogen) atoms. The van der Waals surface area contributed by atoms with Crippen molar-refractivity contribution in [3.8, 4) is 0 Å². The number of likely N-dealkylation sites (tertiary alicyclic amines) is 1. The van der Waals surface area contributed by atoms with E-state index in [1.807, 2.05) is 0 Å². The molecular formula is C22H27NO3. The monoisotopic (exact) mass is 353 g/mol. The second kappa shape index (κ2) is 5.83. The molecule has 4 fully saturated rings. The summed E-state index contributed by atoms with van der Waals surface area (Å²) in [5.41, 5.74) is 1.94. The van der Waals surface area contributed by atoms with Gasteiger partial charge in [0.25, 0.3) is 0 Å². The predicted octanol–water partition coefficient (Wildman–Crippen LogP) is 3.52. The molecule has 0 aromatic heterocycles. The second-order valence-corrected chi connectivity index (χ2v) is 9.28. The van der Waals surface area contributed by atoms with Gasteiger partial charge in [0.15, 0.2) is 0 Å². The fourth-order valence-corrected chi connectivity index (χ4v) is 5.88. The Bertz CT molecular complexity index is 706. The van der Waals surface area contributed by atoms with Crippen molar-refractivity contribution in [2.45, 2.75) is 50.9 Å². The summed E-state index contributed by atoms with van der Waals surface area (Å²) in [4.78, 5) is 26.3. The molecule has 4 nitrogen and oxygen atoms in total. The van der Waals surface area contributed by atoms with Gasteiger partial charge in [-0.15, -0.1) is 0 Å². The molecule has 0 N–H and O–H groups in total. The lowest BCUT2D eigenvalue weighted by Gasteiger charge is -2.53. The third-order valence-electron chi connectivity index (χ3n) is 7.53. The van der Waals surface area contributed by atoms with E-state index < -0.39 is 0 Å². The largest absolute Gasteiger partial charge is 0.465 e. The van der Waals surface area contributed by atoms with Crippen molar-refractivity contribution in [3.05, 3.63) is 35.9 Å². The van der Waals surface area contributed by atoms with Crippen molar-refractivity contribution in [1.82, 2.24) is 4.90 Å². The second-order valence-electron chi connectivity index (χ2n) is 9.28. The minimum Gasteiger partial charge on any atom is -0.465 e. The van der Waals surface area contributed by atoms with E-state index in [0.717, 1.165) is 38.8 Å². The number of cyclic esters (lactones) is 1. The standard InChI is InChI=1S/C22H27NO3/c24-19-14-22(15-26-19)12-18(13-22)20(25)23-8-6-21(7-9-23)10-17(11-21)16-4-2-1-3-5-16/h1-5,17-18H,6-15H2. The summed E-state index contributed by atoms with van der Waals surface area (Å²) in [6.07, 6.45) is 7.07. The van der Waals surface area contributed by atoms with Crippen LogP contribution in [0.2, 0.25) is 0 Å². The van der Waals surface area contributed by atoms with E-state index in [4.69, 9.17) is 4.74 Å². The summed E-state index contributed by atoms with van der Waals surface area (Å²) in [5, 5.41) is 0. The van der Waals surface area contributed by atoms with E-state index in [2.05, 4.69) is 35.2 Å². The van der Waals surface area contributed by atoms with Gasteiger partial charge in [-0.3, -0.25) is 9.59 Å². The molecule has 2 heterocycles. The van der Waals surface area contributed by atoms with Crippen LogP contribution < -0.4 is 0 Å². The molecule has 4 heteroatoms. The Hall–Kier alpha value is -1.84. The van der Waals surface area contributed by atoms with Gasteiger partial charge >= 0.3 is 5.97 Å². The topological polar surface area (TPSA) is 46.6 Å². The summed E-state index contributed by atoms with van der Waals surface area (Å²) in [6, 6.07) is 10.9. The highest BCUT2D eigenvalue weighted by atomic mass is 16.5. The Labute approximate surface area is 154 Å². The molecule has 2 spiro atoms. The molecule has 0 unspecified atom stereocenters. The van der Waals surface area contributed by atoms with Gasteiger partial charge < -0.3 is 9.64 Å². The van der Waals surface area contributed by atoms with Crippen molar-refractivity contribution >= 4 is 11.9 Å². The molecule has 2 saturated carbocycles. The average molecular weight is 353 g/mol. The maximum Gasteiger partial charge on any atom is 0.306 e. The lowest BCUT2D eigenvalue weighted by Crippen LogP contribution is -2.52. The first-order valence-corrected chi connectivity index (χ1v) is 10.1. The number of amides is 1. The van der Waals surface area contributed by atoms with E-state index in [9.17, 15) is 9.59 Å². The Morgan fingerprint density at radius 2 is 1.69 bits per heavy atom. The van der Waals surface area contributed by atoms with E-state index in [1.54, 1.807) is 0 Å². The Kier molecular flexibility index (Phi) is 3.67. The van der Waals surface area contributed by atoms with Crippen molar-refractivity contribution < 1.29 is 14.3 Å². The number of nitrogens with zero attached hydrogens (tertiary/aromatic N) is 1. The van der Waals surface area contributed by atoms with Crippen molar-refractivity contribution in [1.29, 1.82) is 0 Å². The quantitative estimate of drug-likeness (QED) is 0.764. The fraction of sp³-hybridized carbons (Fsp3) is 0.636. The number of hydrogen-bond acceptors (Lipinski definition) is 3. The highest BCUT2D eigenvalue weighted by Crippen LogP contribution is 2.57. The normalized spacial score (nSPS) is 27.2. The molecule has 2 aliphatic carbocycles. The van der Waals surface area contributed by atoms with Crippen LogP contribution in [0.25, 0.3) is 0 Å². The zero-order valence-electron chi connectivity index (χ0n) is 15.3. The molecule has 4 aliphatic rings. The van der Waals surface area contributed by atoms with E-state index in [0.29, 0.717) is 30.3 Å².